The molecule has 0 aliphatic carbocycles. The minimum Gasteiger partial charge on any atom is -0.468 e. The molecule has 0 saturated carbocycles. The van der Waals surface area contributed by atoms with Gasteiger partial charge in [0.05, 0.1) is 17.3 Å². The molecule has 0 aliphatic heterocycles. The Morgan fingerprint density at radius 3 is 2.81 bits per heavy atom. The third-order valence-electron chi connectivity index (χ3n) is 2.35. The lowest BCUT2D eigenvalue weighted by atomic mass is 10.0. The van der Waals surface area contributed by atoms with E-state index in [9.17, 15) is 4.39 Å². The van der Waals surface area contributed by atoms with E-state index in [1.54, 1.807) is 24.5 Å². The summed E-state index contributed by atoms with van der Waals surface area (Å²) < 4.78 is 18.1. The van der Waals surface area contributed by atoms with Crippen molar-refractivity contribution in [3.63, 3.8) is 0 Å². The van der Waals surface area contributed by atoms with E-state index >= 15 is 0 Å². The second-order valence-electron chi connectivity index (χ2n) is 3.57. The van der Waals surface area contributed by atoms with Crippen LogP contribution in [0.25, 0.3) is 0 Å². The minimum atomic E-state index is -0.419. The van der Waals surface area contributed by atoms with Crippen LogP contribution >= 0.6 is 11.6 Å². The molecule has 0 amide bonds. The average Bonchev–Trinajstić information content (AvgIpc) is 2.77. The average molecular weight is 240 g/mol. The Morgan fingerprint density at radius 2 is 2.19 bits per heavy atom. The molecule has 1 aromatic heterocycles. The number of rotatable bonds is 3. The first kappa shape index (κ1) is 11.2. The zero-order valence-electron chi connectivity index (χ0n) is 8.49. The molecule has 2 rings (SSSR count). The number of hydrogen-bond acceptors (Lipinski definition) is 2. The first-order chi connectivity index (χ1) is 7.66. The first-order valence-electron chi connectivity index (χ1n) is 4.89. The van der Waals surface area contributed by atoms with Crippen molar-refractivity contribution in [3.05, 3.63) is 58.8 Å². The van der Waals surface area contributed by atoms with Crippen molar-refractivity contribution in [2.45, 2.75) is 12.5 Å². The van der Waals surface area contributed by atoms with E-state index in [1.165, 1.54) is 6.07 Å². The lowest BCUT2D eigenvalue weighted by Crippen LogP contribution is -2.12. The van der Waals surface area contributed by atoms with Gasteiger partial charge in [0, 0.05) is 0 Å². The molecule has 84 valence electrons. The monoisotopic (exact) mass is 239 g/mol. The predicted molar refractivity (Wildman–Crippen MR) is 60.8 cm³/mol. The van der Waals surface area contributed by atoms with Gasteiger partial charge in [0.25, 0.3) is 0 Å². The minimum absolute atomic E-state index is 0.115. The number of hydrogen-bond donors (Lipinski definition) is 1. The van der Waals surface area contributed by atoms with Gasteiger partial charge in [-0.05, 0) is 36.2 Å². The molecule has 4 heteroatoms. The fourth-order valence-corrected chi connectivity index (χ4v) is 1.73. The number of halogens is 2. The summed E-state index contributed by atoms with van der Waals surface area (Å²) in [7, 11) is 0. The van der Waals surface area contributed by atoms with Gasteiger partial charge in [-0.15, -0.1) is 0 Å². The predicted octanol–water partition coefficient (Wildman–Crippen LogP) is 3.31. The van der Waals surface area contributed by atoms with Crippen LogP contribution in [0.5, 0.6) is 0 Å². The standard InChI is InChI=1S/C12H11ClFNO/c13-9-6-8(3-4-10(9)14)7-11(15)12-2-1-5-16-12/h1-6,11H,7,15H2. The summed E-state index contributed by atoms with van der Waals surface area (Å²) in [5.41, 5.74) is 6.81. The van der Waals surface area contributed by atoms with Crippen LogP contribution in [0.15, 0.2) is 41.0 Å². The van der Waals surface area contributed by atoms with Crippen LogP contribution in [-0.4, -0.2) is 0 Å². The van der Waals surface area contributed by atoms with Crippen LogP contribution < -0.4 is 5.73 Å². The van der Waals surface area contributed by atoms with Crippen LogP contribution in [0.4, 0.5) is 4.39 Å². The van der Waals surface area contributed by atoms with Crippen LogP contribution in [0.3, 0.4) is 0 Å². The van der Waals surface area contributed by atoms with Crippen LogP contribution in [0.2, 0.25) is 5.02 Å². The highest BCUT2D eigenvalue weighted by molar-refractivity contribution is 6.30. The van der Waals surface area contributed by atoms with Gasteiger partial charge in [0.1, 0.15) is 11.6 Å². The molecule has 0 spiro atoms. The van der Waals surface area contributed by atoms with Crippen LogP contribution in [-0.2, 0) is 6.42 Å². The molecule has 1 heterocycles. The third-order valence-corrected chi connectivity index (χ3v) is 2.64. The van der Waals surface area contributed by atoms with Crippen LogP contribution in [0, 0.1) is 5.82 Å². The molecule has 16 heavy (non-hydrogen) atoms. The highest BCUT2D eigenvalue weighted by Crippen LogP contribution is 2.20. The fourth-order valence-electron chi connectivity index (χ4n) is 1.52. The summed E-state index contributed by atoms with van der Waals surface area (Å²) in [5, 5.41) is 0.115. The molecule has 2 N–H and O–H groups in total. The highest BCUT2D eigenvalue weighted by Gasteiger charge is 2.10. The topological polar surface area (TPSA) is 39.2 Å². The molecule has 1 aromatic carbocycles. The summed E-state index contributed by atoms with van der Waals surface area (Å²) in [6, 6.07) is 7.95. The molecule has 1 atom stereocenters. The van der Waals surface area contributed by atoms with Crippen molar-refractivity contribution in [2.75, 3.05) is 0 Å². The Morgan fingerprint density at radius 1 is 1.38 bits per heavy atom. The third kappa shape index (κ3) is 2.43. The summed E-state index contributed by atoms with van der Waals surface area (Å²) in [6.07, 6.45) is 2.14. The largest absolute Gasteiger partial charge is 0.468 e. The number of benzene rings is 1. The maximum atomic E-state index is 12.9. The number of nitrogens with two attached hydrogens (primary N) is 1. The normalized spacial score (nSPS) is 12.7. The first-order valence-corrected chi connectivity index (χ1v) is 5.27. The Hall–Kier alpha value is -1.32. The molecular weight excluding hydrogens is 229 g/mol. The van der Waals surface area contributed by atoms with E-state index in [0.717, 1.165) is 5.56 Å². The van der Waals surface area contributed by atoms with Crippen molar-refractivity contribution < 1.29 is 8.81 Å². The van der Waals surface area contributed by atoms with Gasteiger partial charge in [-0.1, -0.05) is 17.7 Å². The van der Waals surface area contributed by atoms with E-state index in [2.05, 4.69) is 0 Å². The Balaban J connectivity index is 2.12. The molecule has 0 radical (unpaired) electrons. The van der Waals surface area contributed by atoms with Gasteiger partial charge in [-0.3, -0.25) is 0 Å². The SMILES string of the molecule is NC(Cc1ccc(F)c(Cl)c1)c1ccco1. The Bertz CT molecular complexity index is 470. The molecule has 1 unspecified atom stereocenters. The van der Waals surface area contributed by atoms with E-state index in [0.29, 0.717) is 12.2 Å². The zero-order valence-corrected chi connectivity index (χ0v) is 9.25. The van der Waals surface area contributed by atoms with E-state index < -0.39 is 5.82 Å². The summed E-state index contributed by atoms with van der Waals surface area (Å²) in [4.78, 5) is 0. The number of furan rings is 1. The van der Waals surface area contributed by atoms with E-state index in [4.69, 9.17) is 21.8 Å². The van der Waals surface area contributed by atoms with Gasteiger partial charge < -0.3 is 10.2 Å². The van der Waals surface area contributed by atoms with Gasteiger partial charge in [0.15, 0.2) is 0 Å². The van der Waals surface area contributed by atoms with Crippen molar-refractivity contribution >= 4 is 11.6 Å². The fraction of sp³-hybridized carbons (Fsp3) is 0.167. The van der Waals surface area contributed by atoms with Gasteiger partial charge in [0.2, 0.25) is 0 Å². The highest BCUT2D eigenvalue weighted by atomic mass is 35.5. The molecule has 0 aliphatic rings. The summed E-state index contributed by atoms with van der Waals surface area (Å²) in [6.45, 7) is 0. The van der Waals surface area contributed by atoms with Gasteiger partial charge >= 0.3 is 0 Å². The van der Waals surface area contributed by atoms with Crippen molar-refractivity contribution in [1.82, 2.24) is 0 Å². The molecule has 2 aromatic rings. The lowest BCUT2D eigenvalue weighted by Gasteiger charge is -2.09. The molecule has 0 fully saturated rings. The second-order valence-corrected chi connectivity index (χ2v) is 3.98. The van der Waals surface area contributed by atoms with E-state index in [1.807, 2.05) is 6.07 Å². The van der Waals surface area contributed by atoms with Crippen LogP contribution in [0.1, 0.15) is 17.4 Å². The molecular formula is C12H11ClFNO. The van der Waals surface area contributed by atoms with E-state index in [-0.39, 0.29) is 11.1 Å². The zero-order chi connectivity index (χ0) is 11.5. The van der Waals surface area contributed by atoms with Gasteiger partial charge in [-0.2, -0.15) is 0 Å². The smallest absolute Gasteiger partial charge is 0.141 e. The van der Waals surface area contributed by atoms with Crippen molar-refractivity contribution in [2.24, 2.45) is 5.73 Å². The van der Waals surface area contributed by atoms with Crippen molar-refractivity contribution in [1.29, 1.82) is 0 Å². The van der Waals surface area contributed by atoms with Crippen molar-refractivity contribution in [3.8, 4) is 0 Å². The molecule has 0 saturated heterocycles. The maximum absolute atomic E-state index is 12.9. The lowest BCUT2D eigenvalue weighted by molar-refractivity contribution is 0.464. The van der Waals surface area contributed by atoms with Gasteiger partial charge in [-0.25, -0.2) is 4.39 Å². The summed E-state index contributed by atoms with van der Waals surface area (Å²) >= 11 is 5.68. The maximum Gasteiger partial charge on any atom is 0.141 e. The molecule has 2 nitrogen and oxygen atoms in total. The Labute approximate surface area is 97.8 Å². The summed E-state index contributed by atoms with van der Waals surface area (Å²) in [5.74, 6) is 0.289. The second kappa shape index (κ2) is 4.68. The Kier molecular flexibility index (Phi) is 3.27. The molecule has 0 bridgehead atoms. The quantitative estimate of drug-likeness (QED) is 0.893.